The van der Waals surface area contributed by atoms with Crippen molar-refractivity contribution in [1.29, 1.82) is 0 Å². The Bertz CT molecular complexity index is 298. The van der Waals surface area contributed by atoms with Gasteiger partial charge in [0.15, 0.2) is 0 Å². The summed E-state index contributed by atoms with van der Waals surface area (Å²) in [7, 11) is 0. The van der Waals surface area contributed by atoms with Gasteiger partial charge in [-0.3, -0.25) is 9.59 Å². The Morgan fingerprint density at radius 2 is 1.94 bits per heavy atom. The Labute approximate surface area is 102 Å². The van der Waals surface area contributed by atoms with Crippen LogP contribution in [0.1, 0.15) is 33.6 Å². The number of aliphatic hydroxyl groups excluding tert-OH is 1. The molecule has 0 aromatic carbocycles. The van der Waals surface area contributed by atoms with Crippen LogP contribution < -0.4 is 10.6 Å². The highest BCUT2D eigenvalue weighted by atomic mass is 16.3. The van der Waals surface area contributed by atoms with Gasteiger partial charge >= 0.3 is 0 Å². The fourth-order valence-corrected chi connectivity index (χ4v) is 1.71. The molecule has 0 radical (unpaired) electrons. The molecule has 1 fully saturated rings. The molecule has 1 atom stereocenters. The molecule has 1 aliphatic carbocycles. The molecule has 1 rings (SSSR count). The molecule has 1 aliphatic rings. The Hall–Kier alpha value is -1.10. The van der Waals surface area contributed by atoms with E-state index in [1.807, 2.05) is 13.8 Å². The molecule has 2 amide bonds. The molecule has 1 saturated carbocycles. The summed E-state index contributed by atoms with van der Waals surface area (Å²) in [5, 5.41) is 14.6. The highest BCUT2D eigenvalue weighted by Crippen LogP contribution is 2.44. The summed E-state index contributed by atoms with van der Waals surface area (Å²) in [5.74, 6) is -0.333. The van der Waals surface area contributed by atoms with Crippen LogP contribution in [0, 0.1) is 11.3 Å². The molecule has 5 heteroatoms. The SMILES string of the molecule is CC(=O)NC(C(=O)NCC1(CO)CC1)C(C)C. The molecule has 17 heavy (non-hydrogen) atoms. The minimum Gasteiger partial charge on any atom is -0.396 e. The van der Waals surface area contributed by atoms with E-state index in [9.17, 15) is 9.59 Å². The fourth-order valence-electron chi connectivity index (χ4n) is 1.71. The van der Waals surface area contributed by atoms with E-state index in [1.165, 1.54) is 6.92 Å². The molecule has 0 heterocycles. The third-order valence-corrected chi connectivity index (χ3v) is 3.24. The summed E-state index contributed by atoms with van der Waals surface area (Å²) in [4.78, 5) is 22.9. The van der Waals surface area contributed by atoms with Crippen LogP contribution in [0.25, 0.3) is 0 Å². The van der Waals surface area contributed by atoms with Crippen LogP contribution in [0.2, 0.25) is 0 Å². The van der Waals surface area contributed by atoms with Crippen molar-refractivity contribution in [3.8, 4) is 0 Å². The summed E-state index contributed by atoms with van der Waals surface area (Å²) < 4.78 is 0. The molecule has 3 N–H and O–H groups in total. The highest BCUT2D eigenvalue weighted by molar-refractivity contribution is 5.87. The number of aliphatic hydroxyl groups is 1. The molecule has 0 aromatic rings. The Morgan fingerprint density at radius 3 is 2.29 bits per heavy atom. The Morgan fingerprint density at radius 1 is 1.35 bits per heavy atom. The lowest BCUT2D eigenvalue weighted by molar-refractivity contribution is -0.129. The van der Waals surface area contributed by atoms with Crippen molar-refractivity contribution in [2.45, 2.75) is 39.7 Å². The van der Waals surface area contributed by atoms with Crippen molar-refractivity contribution < 1.29 is 14.7 Å². The van der Waals surface area contributed by atoms with Crippen molar-refractivity contribution in [2.24, 2.45) is 11.3 Å². The molecule has 0 saturated heterocycles. The average molecular weight is 242 g/mol. The van der Waals surface area contributed by atoms with E-state index in [1.54, 1.807) is 0 Å². The minimum atomic E-state index is -0.498. The quantitative estimate of drug-likeness (QED) is 0.615. The zero-order valence-electron chi connectivity index (χ0n) is 10.7. The van der Waals surface area contributed by atoms with Crippen molar-refractivity contribution in [1.82, 2.24) is 10.6 Å². The summed E-state index contributed by atoms with van der Waals surface area (Å²) >= 11 is 0. The van der Waals surface area contributed by atoms with Gasteiger partial charge in [-0.1, -0.05) is 13.8 Å². The first-order valence-corrected chi connectivity index (χ1v) is 6.06. The van der Waals surface area contributed by atoms with Gasteiger partial charge in [0, 0.05) is 18.9 Å². The zero-order chi connectivity index (χ0) is 13.1. The van der Waals surface area contributed by atoms with Crippen molar-refractivity contribution >= 4 is 11.8 Å². The standard InChI is InChI=1S/C12H22N2O3/c1-8(2)10(14-9(3)16)11(17)13-6-12(7-15)4-5-12/h8,10,15H,4-7H2,1-3H3,(H,13,17)(H,14,16). The third kappa shape index (κ3) is 4.00. The van der Waals surface area contributed by atoms with E-state index in [2.05, 4.69) is 10.6 Å². The summed E-state index contributed by atoms with van der Waals surface area (Å²) in [6.07, 6.45) is 1.91. The number of carbonyl (C=O) groups is 2. The van der Waals surface area contributed by atoms with Gasteiger partial charge in [-0.2, -0.15) is 0 Å². The molecular weight excluding hydrogens is 220 g/mol. The number of rotatable bonds is 6. The van der Waals surface area contributed by atoms with E-state index in [0.29, 0.717) is 6.54 Å². The maximum absolute atomic E-state index is 11.9. The second-order valence-corrected chi connectivity index (χ2v) is 5.30. The van der Waals surface area contributed by atoms with E-state index in [-0.39, 0.29) is 29.8 Å². The van der Waals surface area contributed by atoms with Gasteiger partial charge in [-0.05, 0) is 18.8 Å². The third-order valence-electron chi connectivity index (χ3n) is 3.24. The van der Waals surface area contributed by atoms with Crippen LogP contribution in [0.3, 0.4) is 0 Å². The number of amides is 2. The number of hydrogen-bond acceptors (Lipinski definition) is 3. The van der Waals surface area contributed by atoms with Gasteiger partial charge < -0.3 is 15.7 Å². The maximum atomic E-state index is 11.9. The predicted octanol–water partition coefficient (Wildman–Crippen LogP) is 0.0358. The van der Waals surface area contributed by atoms with Crippen LogP contribution in [-0.2, 0) is 9.59 Å². The lowest BCUT2D eigenvalue weighted by atomic mass is 10.0. The summed E-state index contributed by atoms with van der Waals surface area (Å²) in [6.45, 7) is 5.78. The van der Waals surface area contributed by atoms with Crippen LogP contribution in [-0.4, -0.2) is 36.1 Å². The lowest BCUT2D eigenvalue weighted by Gasteiger charge is -2.22. The Kier molecular flexibility index (Phi) is 4.51. The maximum Gasteiger partial charge on any atom is 0.242 e. The number of nitrogens with one attached hydrogen (secondary N) is 2. The molecule has 0 aromatic heterocycles. The van der Waals surface area contributed by atoms with Gasteiger partial charge in [0.25, 0.3) is 0 Å². The topological polar surface area (TPSA) is 78.4 Å². The molecule has 0 bridgehead atoms. The monoisotopic (exact) mass is 242 g/mol. The van der Waals surface area contributed by atoms with Crippen molar-refractivity contribution in [3.63, 3.8) is 0 Å². The highest BCUT2D eigenvalue weighted by Gasteiger charge is 2.42. The molecule has 1 unspecified atom stereocenters. The van der Waals surface area contributed by atoms with Gasteiger partial charge in [0.05, 0.1) is 6.61 Å². The van der Waals surface area contributed by atoms with E-state index < -0.39 is 6.04 Å². The molecular formula is C12H22N2O3. The number of hydrogen-bond donors (Lipinski definition) is 3. The minimum absolute atomic E-state index is 0.0446. The van der Waals surface area contributed by atoms with Crippen LogP contribution >= 0.6 is 0 Å². The van der Waals surface area contributed by atoms with Crippen LogP contribution in [0.15, 0.2) is 0 Å². The summed E-state index contributed by atoms with van der Waals surface area (Å²) in [6, 6.07) is -0.498. The first-order chi connectivity index (χ1) is 7.90. The molecule has 98 valence electrons. The second-order valence-electron chi connectivity index (χ2n) is 5.30. The molecule has 0 spiro atoms. The van der Waals surface area contributed by atoms with Crippen LogP contribution in [0.4, 0.5) is 0 Å². The lowest BCUT2D eigenvalue weighted by Crippen LogP contribution is -2.50. The predicted molar refractivity (Wildman–Crippen MR) is 64.2 cm³/mol. The van der Waals surface area contributed by atoms with E-state index >= 15 is 0 Å². The smallest absolute Gasteiger partial charge is 0.242 e. The van der Waals surface area contributed by atoms with Gasteiger partial charge in [0.1, 0.15) is 6.04 Å². The first kappa shape index (κ1) is 14.0. The van der Waals surface area contributed by atoms with Gasteiger partial charge in [-0.15, -0.1) is 0 Å². The first-order valence-electron chi connectivity index (χ1n) is 6.06. The van der Waals surface area contributed by atoms with Crippen LogP contribution in [0.5, 0.6) is 0 Å². The average Bonchev–Trinajstić information content (AvgIpc) is 3.03. The summed E-state index contributed by atoms with van der Waals surface area (Å²) in [5.41, 5.74) is -0.104. The Balaban J connectivity index is 2.45. The van der Waals surface area contributed by atoms with Gasteiger partial charge in [0.2, 0.25) is 11.8 Å². The largest absolute Gasteiger partial charge is 0.396 e. The van der Waals surface area contributed by atoms with E-state index in [0.717, 1.165) is 12.8 Å². The van der Waals surface area contributed by atoms with Crippen molar-refractivity contribution in [2.75, 3.05) is 13.2 Å². The van der Waals surface area contributed by atoms with Gasteiger partial charge in [-0.25, -0.2) is 0 Å². The zero-order valence-corrected chi connectivity index (χ0v) is 10.7. The van der Waals surface area contributed by atoms with E-state index in [4.69, 9.17) is 5.11 Å². The fraction of sp³-hybridized carbons (Fsp3) is 0.833. The number of carbonyl (C=O) groups excluding carboxylic acids is 2. The normalized spacial score (nSPS) is 18.6. The second kappa shape index (κ2) is 5.49. The van der Waals surface area contributed by atoms with Crippen molar-refractivity contribution in [3.05, 3.63) is 0 Å². The molecule has 0 aliphatic heterocycles. The molecule has 5 nitrogen and oxygen atoms in total.